The Kier molecular flexibility index (Phi) is 5.45. The van der Waals surface area contributed by atoms with Crippen molar-refractivity contribution in [3.63, 3.8) is 0 Å². The van der Waals surface area contributed by atoms with E-state index in [0.29, 0.717) is 34.3 Å². The van der Waals surface area contributed by atoms with Crippen LogP contribution in [0.15, 0.2) is 40.8 Å². The van der Waals surface area contributed by atoms with Gasteiger partial charge in [-0.15, -0.1) is 0 Å². The molecule has 1 aromatic heterocycles. The Hall–Kier alpha value is -2.11. The Balaban J connectivity index is 2.30. The van der Waals surface area contributed by atoms with Crippen molar-refractivity contribution in [2.75, 3.05) is 13.3 Å². The Labute approximate surface area is 162 Å². The number of aryl methyl sites for hydroxylation is 1. The zero-order chi connectivity index (χ0) is 19.8. The van der Waals surface area contributed by atoms with Gasteiger partial charge in [0.1, 0.15) is 0 Å². The van der Waals surface area contributed by atoms with E-state index in [2.05, 4.69) is 5.32 Å². The van der Waals surface area contributed by atoms with E-state index in [4.69, 9.17) is 4.42 Å². The van der Waals surface area contributed by atoms with Gasteiger partial charge >= 0.3 is 163 Å². The van der Waals surface area contributed by atoms with Crippen LogP contribution in [0.25, 0.3) is 22.3 Å². The summed E-state index contributed by atoms with van der Waals surface area (Å²) in [6.07, 6.45) is 1.88. The van der Waals surface area contributed by atoms with Crippen molar-refractivity contribution in [1.29, 1.82) is 0 Å². The first kappa shape index (κ1) is 19.6. The van der Waals surface area contributed by atoms with Crippen molar-refractivity contribution in [3.05, 3.63) is 53.3 Å². The van der Waals surface area contributed by atoms with Gasteiger partial charge in [0, 0.05) is 0 Å². The van der Waals surface area contributed by atoms with Crippen LogP contribution < -0.4 is 9.67 Å². The first-order chi connectivity index (χ1) is 12.7. The van der Waals surface area contributed by atoms with Crippen molar-refractivity contribution < 1.29 is 22.0 Å². The predicted molar refractivity (Wildman–Crippen MR) is 106 cm³/mol. The molecular formula is C19H19AsFNO4S. The summed E-state index contributed by atoms with van der Waals surface area (Å²) in [5, 5.41) is 3.23. The molecule has 0 aliphatic carbocycles. The van der Waals surface area contributed by atoms with Crippen LogP contribution >= 0.6 is 0 Å². The van der Waals surface area contributed by atoms with E-state index in [1.165, 1.54) is 25.4 Å². The van der Waals surface area contributed by atoms with Crippen LogP contribution in [-0.2, 0) is 14.5 Å². The Morgan fingerprint density at radius 3 is 2.44 bits per heavy atom. The molecule has 1 atom stereocenters. The van der Waals surface area contributed by atoms with Crippen LogP contribution in [0.1, 0.15) is 22.8 Å². The topological polar surface area (TPSA) is 76.4 Å². The van der Waals surface area contributed by atoms with Crippen LogP contribution in [0.2, 0.25) is 0 Å². The number of carbonyl (C=O) groups excluding carboxylic acids is 1. The van der Waals surface area contributed by atoms with Crippen molar-refractivity contribution >= 4 is 43.9 Å². The van der Waals surface area contributed by atoms with E-state index >= 15 is 0 Å². The number of fused-ring (bicyclic) bond motifs is 1. The molecule has 8 heteroatoms. The molecule has 0 fully saturated rings. The van der Waals surface area contributed by atoms with E-state index < -0.39 is 22.7 Å². The van der Waals surface area contributed by atoms with Crippen molar-refractivity contribution in [2.24, 2.45) is 0 Å². The van der Waals surface area contributed by atoms with E-state index in [9.17, 15) is 17.6 Å². The monoisotopic (exact) mass is 451 g/mol. The molecule has 0 spiro atoms. The van der Waals surface area contributed by atoms with E-state index in [1.807, 2.05) is 13.0 Å². The molecule has 5 nitrogen and oxygen atoms in total. The molecule has 0 saturated carbocycles. The summed E-state index contributed by atoms with van der Waals surface area (Å²) in [5.41, 5.74) is 2.28. The number of hydrogen-bond donors (Lipinski definition) is 1. The standard InChI is InChI=1S/C19H19AsFNO4S/c1-4-11-9-14-16(10-15(11)20-27(3,24)25)26-18(17(14)19(23)22-2)12-5-7-13(21)8-6-12/h5-10,20H,4H2,1-3H3,(H,22,23). The summed E-state index contributed by atoms with van der Waals surface area (Å²) in [7, 11) is -1.57. The van der Waals surface area contributed by atoms with Crippen molar-refractivity contribution in [1.82, 2.24) is 5.32 Å². The van der Waals surface area contributed by atoms with Gasteiger partial charge < -0.3 is 0 Å². The van der Waals surface area contributed by atoms with Crippen molar-refractivity contribution in [2.45, 2.75) is 13.3 Å². The van der Waals surface area contributed by atoms with Crippen LogP contribution in [0.5, 0.6) is 0 Å². The minimum atomic E-state index is -3.10. The third-order valence-corrected chi connectivity index (χ3v) is 9.44. The molecule has 1 amide bonds. The maximum absolute atomic E-state index is 13.3. The Morgan fingerprint density at radius 1 is 1.22 bits per heavy atom. The SMILES string of the molecule is CCc1cc2c(C(=O)NC)c(-c3ccc(F)cc3)oc2cc1[AsH]S(C)(=O)=O. The maximum atomic E-state index is 13.3. The second-order valence-corrected chi connectivity index (χ2v) is 15.0. The average Bonchev–Trinajstić information content (AvgIpc) is 2.97. The van der Waals surface area contributed by atoms with Gasteiger partial charge in [-0.2, -0.15) is 0 Å². The molecule has 0 saturated heterocycles. The van der Waals surface area contributed by atoms with Crippen LogP contribution in [-0.4, -0.2) is 42.2 Å². The van der Waals surface area contributed by atoms with Gasteiger partial charge in [0.2, 0.25) is 0 Å². The Bertz CT molecular complexity index is 1120. The van der Waals surface area contributed by atoms with E-state index in [-0.39, 0.29) is 11.7 Å². The fourth-order valence-corrected chi connectivity index (χ4v) is 8.03. The molecule has 0 aliphatic heterocycles. The Morgan fingerprint density at radius 2 is 1.89 bits per heavy atom. The third-order valence-electron chi connectivity index (χ3n) is 4.15. The van der Waals surface area contributed by atoms with Crippen LogP contribution in [0.3, 0.4) is 0 Å². The summed E-state index contributed by atoms with van der Waals surface area (Å²) in [6, 6.07) is 9.26. The first-order valence-electron chi connectivity index (χ1n) is 8.28. The van der Waals surface area contributed by atoms with E-state index in [0.717, 1.165) is 9.91 Å². The average molecular weight is 451 g/mol. The van der Waals surface area contributed by atoms with Gasteiger partial charge in [0.05, 0.1) is 0 Å². The summed E-state index contributed by atoms with van der Waals surface area (Å²) >= 11 is -1.39. The van der Waals surface area contributed by atoms with Gasteiger partial charge in [-0.3, -0.25) is 0 Å². The molecule has 2 aromatic carbocycles. The first-order valence-corrected chi connectivity index (χ1v) is 13.8. The molecule has 3 aromatic rings. The molecule has 27 heavy (non-hydrogen) atoms. The second-order valence-electron chi connectivity index (χ2n) is 6.13. The van der Waals surface area contributed by atoms with Gasteiger partial charge in [0.15, 0.2) is 0 Å². The number of rotatable bonds is 5. The molecule has 0 radical (unpaired) electrons. The van der Waals surface area contributed by atoms with E-state index in [1.54, 1.807) is 18.2 Å². The fourth-order valence-electron chi connectivity index (χ4n) is 2.93. The number of halogens is 1. The number of furan rings is 1. The van der Waals surface area contributed by atoms with Crippen LogP contribution in [0.4, 0.5) is 4.39 Å². The quantitative estimate of drug-likeness (QED) is 0.604. The zero-order valence-electron chi connectivity index (χ0n) is 15.1. The number of amides is 1. The molecule has 0 bridgehead atoms. The molecule has 3 rings (SSSR count). The number of nitrogens with one attached hydrogen (secondary N) is 1. The van der Waals surface area contributed by atoms with Crippen molar-refractivity contribution in [3.8, 4) is 11.3 Å². The second kappa shape index (κ2) is 7.49. The molecule has 142 valence electrons. The molecule has 1 N–H and O–H groups in total. The predicted octanol–water partition coefficient (Wildman–Crippen LogP) is 2.18. The summed E-state index contributed by atoms with van der Waals surface area (Å²) in [4.78, 5) is 12.5. The summed E-state index contributed by atoms with van der Waals surface area (Å²) in [6.45, 7) is 1.94. The summed E-state index contributed by atoms with van der Waals surface area (Å²) in [5.74, 6) is -0.365. The zero-order valence-corrected chi connectivity index (χ0v) is 18.0. The molecule has 0 aliphatic rings. The normalized spacial score (nSPS) is 12.1. The van der Waals surface area contributed by atoms with Gasteiger partial charge in [-0.05, 0) is 0 Å². The third kappa shape index (κ3) is 4.09. The molecule has 1 heterocycles. The fraction of sp³-hybridized carbons (Fsp3) is 0.211. The summed E-state index contributed by atoms with van der Waals surface area (Å²) < 4.78 is 43.6. The number of hydrogen-bond acceptors (Lipinski definition) is 4. The van der Waals surface area contributed by atoms with Gasteiger partial charge in [0.25, 0.3) is 0 Å². The van der Waals surface area contributed by atoms with Gasteiger partial charge in [-0.1, -0.05) is 0 Å². The molecule has 1 unspecified atom stereocenters. The number of benzene rings is 2. The molecular weight excluding hydrogens is 432 g/mol. The van der Waals surface area contributed by atoms with Gasteiger partial charge in [-0.25, -0.2) is 0 Å². The van der Waals surface area contributed by atoms with Crippen LogP contribution in [0, 0.1) is 5.82 Å². The number of carbonyl (C=O) groups is 1. The minimum absolute atomic E-state index is 0.318.